The molecule has 0 atom stereocenters. The van der Waals surface area contributed by atoms with Crippen molar-refractivity contribution in [2.24, 2.45) is 0 Å². The number of sulfonamides is 1. The smallest absolute Gasteiger partial charge is 0.243 e. The molecule has 2 aromatic rings. The summed E-state index contributed by atoms with van der Waals surface area (Å²) in [6, 6.07) is 7.78. The van der Waals surface area contributed by atoms with Crippen LogP contribution >= 0.6 is 0 Å². The predicted molar refractivity (Wildman–Crippen MR) is 91.3 cm³/mol. The number of halogens is 2. The molecular weight excluding hydrogens is 366 g/mol. The molecule has 0 heterocycles. The van der Waals surface area contributed by atoms with Gasteiger partial charge in [-0.1, -0.05) is 12.1 Å². The summed E-state index contributed by atoms with van der Waals surface area (Å²) in [7, 11) is -2.82. The Bertz CT molecular complexity index is 944. The largest absolute Gasteiger partial charge is 0.322 e. The SMILES string of the molecule is CC(=O)c1ccc(S(=O)(=O)N(C)CC(=O)Nc2cc(F)ccc2F)cc1. The van der Waals surface area contributed by atoms with Crippen molar-refractivity contribution in [3.05, 3.63) is 59.7 Å². The first-order chi connectivity index (χ1) is 12.1. The zero-order chi connectivity index (χ0) is 19.5. The lowest BCUT2D eigenvalue weighted by atomic mass is 10.2. The maximum Gasteiger partial charge on any atom is 0.243 e. The minimum Gasteiger partial charge on any atom is -0.322 e. The van der Waals surface area contributed by atoms with Gasteiger partial charge in [0.1, 0.15) is 11.6 Å². The number of nitrogens with zero attached hydrogens (tertiary/aromatic N) is 1. The molecular formula is C17H16F2N2O4S. The van der Waals surface area contributed by atoms with Crippen molar-refractivity contribution >= 4 is 27.4 Å². The number of ketones is 1. The fraction of sp³-hybridized carbons (Fsp3) is 0.176. The van der Waals surface area contributed by atoms with Crippen LogP contribution in [0, 0.1) is 11.6 Å². The van der Waals surface area contributed by atoms with Crippen LogP contribution in [0.15, 0.2) is 47.4 Å². The van der Waals surface area contributed by atoms with Gasteiger partial charge in [0.05, 0.1) is 17.1 Å². The number of amides is 1. The maximum absolute atomic E-state index is 13.5. The Morgan fingerprint density at radius 3 is 2.27 bits per heavy atom. The highest BCUT2D eigenvalue weighted by Crippen LogP contribution is 2.17. The minimum absolute atomic E-state index is 0.102. The van der Waals surface area contributed by atoms with E-state index in [2.05, 4.69) is 5.32 Å². The third-order valence-electron chi connectivity index (χ3n) is 3.54. The summed E-state index contributed by atoms with van der Waals surface area (Å²) < 4.78 is 52.3. The van der Waals surface area contributed by atoms with E-state index in [0.717, 1.165) is 22.5 Å². The average Bonchev–Trinajstić information content (AvgIpc) is 2.58. The summed E-state index contributed by atoms with van der Waals surface area (Å²) in [5.41, 5.74) is -0.0301. The van der Waals surface area contributed by atoms with E-state index in [1.807, 2.05) is 0 Å². The zero-order valence-corrected chi connectivity index (χ0v) is 14.8. The molecule has 1 amide bonds. The molecule has 0 saturated carbocycles. The summed E-state index contributed by atoms with van der Waals surface area (Å²) in [5, 5.41) is 2.12. The Morgan fingerprint density at radius 1 is 1.08 bits per heavy atom. The fourth-order valence-corrected chi connectivity index (χ4v) is 3.24. The molecule has 0 unspecified atom stereocenters. The van der Waals surface area contributed by atoms with Crippen molar-refractivity contribution in [3.63, 3.8) is 0 Å². The first kappa shape index (κ1) is 19.7. The first-order valence-electron chi connectivity index (χ1n) is 7.43. The van der Waals surface area contributed by atoms with Crippen LogP contribution in [0.25, 0.3) is 0 Å². The van der Waals surface area contributed by atoms with Crippen LogP contribution in [0.4, 0.5) is 14.5 Å². The fourth-order valence-electron chi connectivity index (χ4n) is 2.11. The number of carbonyl (C=O) groups excluding carboxylic acids is 2. The predicted octanol–water partition coefficient (Wildman–Crippen LogP) is 2.43. The number of nitrogens with one attached hydrogen (secondary N) is 1. The highest BCUT2D eigenvalue weighted by Gasteiger charge is 2.23. The molecule has 2 rings (SSSR count). The Kier molecular flexibility index (Phi) is 5.83. The second kappa shape index (κ2) is 7.71. The topological polar surface area (TPSA) is 83.6 Å². The number of likely N-dealkylation sites (N-methyl/N-ethyl adjacent to an activating group) is 1. The van der Waals surface area contributed by atoms with Crippen LogP contribution in [0.1, 0.15) is 17.3 Å². The Hall–Kier alpha value is -2.65. The number of hydrogen-bond acceptors (Lipinski definition) is 4. The standard InChI is InChI=1S/C17H16F2N2O4S/c1-11(22)12-3-6-14(7-4-12)26(24,25)21(2)10-17(23)20-16-9-13(18)5-8-15(16)19/h3-9H,10H2,1-2H3,(H,20,23). The number of Topliss-reactive ketones (excluding diaryl/α,β-unsaturated/α-hetero) is 1. The lowest BCUT2D eigenvalue weighted by Crippen LogP contribution is -2.35. The molecule has 6 nitrogen and oxygen atoms in total. The van der Waals surface area contributed by atoms with Gasteiger partial charge in [0.15, 0.2) is 5.78 Å². The van der Waals surface area contributed by atoms with Crippen molar-refractivity contribution in [3.8, 4) is 0 Å². The van der Waals surface area contributed by atoms with Gasteiger partial charge in [-0.15, -0.1) is 0 Å². The van der Waals surface area contributed by atoms with E-state index in [-0.39, 0.29) is 16.4 Å². The highest BCUT2D eigenvalue weighted by molar-refractivity contribution is 7.89. The number of anilines is 1. The van der Waals surface area contributed by atoms with Crippen LogP contribution in [-0.2, 0) is 14.8 Å². The number of hydrogen-bond donors (Lipinski definition) is 1. The van der Waals surface area contributed by atoms with Crippen molar-refractivity contribution < 1.29 is 26.8 Å². The lowest BCUT2D eigenvalue weighted by molar-refractivity contribution is -0.116. The molecule has 26 heavy (non-hydrogen) atoms. The van der Waals surface area contributed by atoms with Gasteiger partial charge in [-0.25, -0.2) is 17.2 Å². The van der Waals surface area contributed by atoms with Gasteiger partial charge >= 0.3 is 0 Å². The van der Waals surface area contributed by atoms with Crippen LogP contribution in [0.3, 0.4) is 0 Å². The van der Waals surface area contributed by atoms with Gasteiger partial charge in [0.2, 0.25) is 15.9 Å². The van der Waals surface area contributed by atoms with Gasteiger partial charge in [0.25, 0.3) is 0 Å². The average molecular weight is 382 g/mol. The van der Waals surface area contributed by atoms with Crippen molar-refractivity contribution in [2.45, 2.75) is 11.8 Å². The maximum atomic E-state index is 13.5. The van der Waals surface area contributed by atoms with Crippen LogP contribution in [0.2, 0.25) is 0 Å². The summed E-state index contributed by atoms with van der Waals surface area (Å²) in [6.45, 7) is 0.748. The minimum atomic E-state index is -3.99. The summed E-state index contributed by atoms with van der Waals surface area (Å²) >= 11 is 0. The molecule has 0 aliphatic carbocycles. The lowest BCUT2D eigenvalue weighted by Gasteiger charge is -2.17. The van der Waals surface area contributed by atoms with E-state index < -0.39 is 34.1 Å². The second-order valence-electron chi connectivity index (χ2n) is 5.51. The molecule has 138 valence electrons. The highest BCUT2D eigenvalue weighted by atomic mass is 32.2. The summed E-state index contributed by atoms with van der Waals surface area (Å²) in [4.78, 5) is 23.1. The Balaban J connectivity index is 2.12. The van der Waals surface area contributed by atoms with Gasteiger partial charge < -0.3 is 5.32 Å². The zero-order valence-electron chi connectivity index (χ0n) is 14.0. The van der Waals surface area contributed by atoms with E-state index in [9.17, 15) is 26.8 Å². The van der Waals surface area contributed by atoms with Gasteiger partial charge in [-0.2, -0.15) is 4.31 Å². The van der Waals surface area contributed by atoms with E-state index in [4.69, 9.17) is 0 Å². The van der Waals surface area contributed by atoms with Crippen LogP contribution in [-0.4, -0.2) is 38.0 Å². The second-order valence-corrected chi connectivity index (χ2v) is 7.56. The molecule has 0 aliphatic rings. The normalized spacial score (nSPS) is 11.4. The molecule has 1 N–H and O–H groups in total. The van der Waals surface area contributed by atoms with Gasteiger partial charge in [-0.05, 0) is 31.2 Å². The van der Waals surface area contributed by atoms with Crippen molar-refractivity contribution in [1.82, 2.24) is 4.31 Å². The Morgan fingerprint density at radius 2 is 1.69 bits per heavy atom. The first-order valence-corrected chi connectivity index (χ1v) is 8.87. The molecule has 2 aromatic carbocycles. The monoisotopic (exact) mass is 382 g/mol. The molecule has 9 heteroatoms. The molecule has 0 spiro atoms. The molecule has 0 aliphatic heterocycles. The van der Waals surface area contributed by atoms with Crippen molar-refractivity contribution in [2.75, 3.05) is 18.9 Å². The third-order valence-corrected chi connectivity index (χ3v) is 5.36. The number of benzene rings is 2. The molecule has 0 aromatic heterocycles. The van der Waals surface area contributed by atoms with E-state index in [1.54, 1.807) is 0 Å². The molecule has 0 radical (unpaired) electrons. The summed E-state index contributed by atoms with van der Waals surface area (Å²) in [6.07, 6.45) is 0. The van der Waals surface area contributed by atoms with Gasteiger partial charge in [0, 0.05) is 18.7 Å². The molecule has 0 saturated heterocycles. The molecule has 0 fully saturated rings. The Labute approximate surface area is 149 Å². The molecule has 0 bridgehead atoms. The number of rotatable bonds is 6. The summed E-state index contributed by atoms with van der Waals surface area (Å²) in [5.74, 6) is -2.63. The quantitative estimate of drug-likeness (QED) is 0.778. The third kappa shape index (κ3) is 4.50. The van der Waals surface area contributed by atoms with Crippen LogP contribution < -0.4 is 5.32 Å². The number of carbonyl (C=O) groups is 2. The van der Waals surface area contributed by atoms with E-state index >= 15 is 0 Å². The van der Waals surface area contributed by atoms with E-state index in [0.29, 0.717) is 5.56 Å². The van der Waals surface area contributed by atoms with Crippen LogP contribution in [0.5, 0.6) is 0 Å². The van der Waals surface area contributed by atoms with Crippen molar-refractivity contribution in [1.29, 1.82) is 0 Å². The van der Waals surface area contributed by atoms with E-state index in [1.165, 1.54) is 38.2 Å². The van der Waals surface area contributed by atoms with Gasteiger partial charge in [-0.3, -0.25) is 9.59 Å².